The van der Waals surface area contributed by atoms with Crippen molar-refractivity contribution < 1.29 is 9.53 Å². The highest BCUT2D eigenvalue weighted by Crippen LogP contribution is 2.44. The second-order valence-electron chi connectivity index (χ2n) is 8.53. The molecule has 166 valence electrons. The zero-order chi connectivity index (χ0) is 22.2. The number of nitrogens with one attached hydrogen (secondary N) is 1. The van der Waals surface area contributed by atoms with Crippen LogP contribution < -0.4 is 10.2 Å². The zero-order valence-corrected chi connectivity index (χ0v) is 18.9. The van der Waals surface area contributed by atoms with Crippen molar-refractivity contribution in [3.05, 3.63) is 76.8 Å². The summed E-state index contributed by atoms with van der Waals surface area (Å²) in [5, 5.41) is 4.73. The summed E-state index contributed by atoms with van der Waals surface area (Å²) in [5.74, 6) is 0.367. The molecule has 3 aliphatic rings. The predicted octanol–water partition coefficient (Wildman–Crippen LogP) is 4.19. The number of nitrogens with zero attached hydrogens (tertiary/aromatic N) is 3. The van der Waals surface area contributed by atoms with Crippen LogP contribution in [0.3, 0.4) is 0 Å². The van der Waals surface area contributed by atoms with Crippen LogP contribution in [0.15, 0.2) is 70.7 Å². The quantitative estimate of drug-likeness (QED) is 0.597. The normalized spacial score (nSPS) is 25.1. The lowest BCUT2D eigenvalue weighted by Crippen LogP contribution is -2.36. The maximum atomic E-state index is 12.6. The van der Waals surface area contributed by atoms with Gasteiger partial charge >= 0.3 is 0 Å². The van der Waals surface area contributed by atoms with Gasteiger partial charge in [-0.05, 0) is 53.6 Å². The van der Waals surface area contributed by atoms with Gasteiger partial charge in [0.05, 0.1) is 29.7 Å². The molecule has 1 saturated carbocycles. The molecule has 0 bridgehead atoms. The van der Waals surface area contributed by atoms with E-state index in [-0.39, 0.29) is 11.9 Å². The van der Waals surface area contributed by atoms with Crippen LogP contribution in [0.25, 0.3) is 17.0 Å². The van der Waals surface area contributed by atoms with Crippen LogP contribution in [0, 0.1) is 0 Å². The summed E-state index contributed by atoms with van der Waals surface area (Å²) in [5.41, 5.74) is 4.41. The minimum Gasteiger partial charge on any atom is -0.378 e. The van der Waals surface area contributed by atoms with E-state index in [2.05, 4.69) is 51.6 Å². The standard InChI is InChI=1S/C26H24N4O2S/c31-25-24(33-26(29-25)28-22-16-19(22)18-4-2-1-3-5-18)15-17-6-7-21-20(14-17)23(8-9-27-21)30-10-12-32-13-11-30/h1-9,14-15,19,22H,10-13,16H2,(H,28,29,31)/t19-,22+/m1/s1. The van der Waals surface area contributed by atoms with Gasteiger partial charge in [0, 0.05) is 36.3 Å². The molecular formula is C26H24N4O2S. The number of amidine groups is 1. The number of hydrogen-bond acceptors (Lipinski definition) is 6. The SMILES string of the molecule is O=C1NC(=N[C@H]2C[C@@H]2c2ccccc2)SC1=Cc1ccc2nccc(N3CCOCC3)c2c1. The number of aromatic nitrogens is 1. The van der Waals surface area contributed by atoms with Gasteiger partial charge in [-0.3, -0.25) is 14.8 Å². The molecule has 3 fully saturated rings. The van der Waals surface area contributed by atoms with Gasteiger partial charge in [0.1, 0.15) is 0 Å². The van der Waals surface area contributed by atoms with E-state index in [9.17, 15) is 4.79 Å². The van der Waals surface area contributed by atoms with Crippen molar-refractivity contribution in [1.82, 2.24) is 10.3 Å². The third-order valence-corrected chi connectivity index (χ3v) is 7.23. The third kappa shape index (κ3) is 4.26. The fourth-order valence-electron chi connectivity index (χ4n) is 4.49. The molecule has 0 spiro atoms. The van der Waals surface area contributed by atoms with Crippen LogP contribution in [-0.4, -0.2) is 48.4 Å². The fraction of sp³-hybridized carbons (Fsp3) is 0.269. The van der Waals surface area contributed by atoms with Crippen molar-refractivity contribution >= 4 is 45.5 Å². The summed E-state index contributed by atoms with van der Waals surface area (Å²) in [6.45, 7) is 3.21. The number of aliphatic imine (C=N–C) groups is 1. The van der Waals surface area contributed by atoms with Gasteiger partial charge in [-0.15, -0.1) is 0 Å². The van der Waals surface area contributed by atoms with Crippen molar-refractivity contribution in [2.45, 2.75) is 18.4 Å². The topological polar surface area (TPSA) is 66.8 Å². The molecule has 6 rings (SSSR count). The highest BCUT2D eigenvalue weighted by Gasteiger charge is 2.39. The first kappa shape index (κ1) is 20.4. The number of benzene rings is 2. The molecular weight excluding hydrogens is 432 g/mol. The van der Waals surface area contributed by atoms with E-state index in [1.807, 2.05) is 30.5 Å². The van der Waals surface area contributed by atoms with Crippen molar-refractivity contribution in [1.29, 1.82) is 0 Å². The molecule has 1 aliphatic carbocycles. The Labute approximate surface area is 196 Å². The number of fused-ring (bicyclic) bond motifs is 1. The molecule has 33 heavy (non-hydrogen) atoms. The summed E-state index contributed by atoms with van der Waals surface area (Å²) in [6, 6.07) is 18.9. The van der Waals surface area contributed by atoms with E-state index >= 15 is 0 Å². The lowest BCUT2D eigenvalue weighted by molar-refractivity contribution is -0.115. The number of thioether (sulfide) groups is 1. The van der Waals surface area contributed by atoms with Gasteiger partial charge in [0.2, 0.25) is 0 Å². The number of carbonyl (C=O) groups is 1. The Bertz CT molecular complexity index is 1270. The van der Waals surface area contributed by atoms with Crippen molar-refractivity contribution in [2.75, 3.05) is 31.2 Å². The minimum atomic E-state index is -0.0876. The Hall–Kier alpha value is -3.16. The fourth-order valence-corrected chi connectivity index (χ4v) is 5.37. The minimum absolute atomic E-state index is 0.0876. The summed E-state index contributed by atoms with van der Waals surface area (Å²) in [6.07, 6.45) is 4.83. The molecule has 3 aromatic rings. The first-order valence-electron chi connectivity index (χ1n) is 11.3. The average Bonchev–Trinajstić information content (AvgIpc) is 3.54. The lowest BCUT2D eigenvalue weighted by Gasteiger charge is -2.29. The van der Waals surface area contributed by atoms with Crippen LogP contribution in [0.2, 0.25) is 0 Å². The van der Waals surface area contributed by atoms with Gasteiger partial charge in [-0.25, -0.2) is 0 Å². The number of pyridine rings is 1. The first-order chi connectivity index (χ1) is 16.2. The van der Waals surface area contributed by atoms with Gasteiger partial charge in [-0.1, -0.05) is 36.4 Å². The second-order valence-corrected chi connectivity index (χ2v) is 9.56. The molecule has 1 amide bonds. The summed E-state index contributed by atoms with van der Waals surface area (Å²) in [4.78, 5) is 24.9. The number of morpholine rings is 1. The van der Waals surface area contributed by atoms with Crippen LogP contribution in [0.1, 0.15) is 23.5 Å². The molecule has 7 heteroatoms. The number of hydrogen-bond donors (Lipinski definition) is 1. The van der Waals surface area contributed by atoms with Crippen molar-refractivity contribution in [3.63, 3.8) is 0 Å². The van der Waals surface area contributed by atoms with Gasteiger partial charge < -0.3 is 15.0 Å². The van der Waals surface area contributed by atoms with Crippen molar-refractivity contribution in [3.8, 4) is 0 Å². The first-order valence-corrected chi connectivity index (χ1v) is 12.1. The van der Waals surface area contributed by atoms with Gasteiger partial charge in [0.15, 0.2) is 5.17 Å². The Morgan fingerprint density at radius 1 is 1.12 bits per heavy atom. The smallest absolute Gasteiger partial charge is 0.264 e. The molecule has 0 unspecified atom stereocenters. The Morgan fingerprint density at radius 2 is 1.97 bits per heavy atom. The molecule has 6 nitrogen and oxygen atoms in total. The van der Waals surface area contributed by atoms with E-state index < -0.39 is 0 Å². The van der Waals surface area contributed by atoms with Gasteiger partial charge in [0.25, 0.3) is 5.91 Å². The Morgan fingerprint density at radius 3 is 2.82 bits per heavy atom. The Balaban J connectivity index is 1.23. The van der Waals surface area contributed by atoms with E-state index in [4.69, 9.17) is 9.73 Å². The summed E-state index contributed by atoms with van der Waals surface area (Å²) < 4.78 is 5.51. The van der Waals surface area contributed by atoms with Crippen LogP contribution in [0.4, 0.5) is 5.69 Å². The monoisotopic (exact) mass is 456 g/mol. The average molecular weight is 457 g/mol. The number of ether oxygens (including phenoxy) is 1. The van der Waals surface area contributed by atoms with E-state index in [0.717, 1.165) is 54.9 Å². The maximum Gasteiger partial charge on any atom is 0.264 e. The molecule has 2 saturated heterocycles. The molecule has 3 heterocycles. The van der Waals surface area contributed by atoms with E-state index in [0.29, 0.717) is 16.0 Å². The molecule has 2 atom stereocenters. The number of anilines is 1. The number of rotatable bonds is 4. The van der Waals surface area contributed by atoms with E-state index in [1.165, 1.54) is 17.3 Å². The van der Waals surface area contributed by atoms with Crippen molar-refractivity contribution in [2.24, 2.45) is 4.99 Å². The van der Waals surface area contributed by atoms with Crippen LogP contribution in [0.5, 0.6) is 0 Å². The molecule has 2 aromatic carbocycles. The second kappa shape index (κ2) is 8.65. The zero-order valence-electron chi connectivity index (χ0n) is 18.1. The highest BCUT2D eigenvalue weighted by molar-refractivity contribution is 8.18. The van der Waals surface area contributed by atoms with Crippen LogP contribution in [-0.2, 0) is 9.53 Å². The van der Waals surface area contributed by atoms with Crippen LogP contribution >= 0.6 is 11.8 Å². The summed E-state index contributed by atoms with van der Waals surface area (Å²) >= 11 is 1.42. The third-order valence-electron chi connectivity index (χ3n) is 6.31. The Kier molecular flexibility index (Phi) is 5.36. The summed E-state index contributed by atoms with van der Waals surface area (Å²) in [7, 11) is 0. The number of carbonyl (C=O) groups excluding carboxylic acids is 1. The largest absolute Gasteiger partial charge is 0.378 e. The predicted molar refractivity (Wildman–Crippen MR) is 134 cm³/mol. The van der Waals surface area contributed by atoms with Gasteiger partial charge in [-0.2, -0.15) is 0 Å². The lowest BCUT2D eigenvalue weighted by atomic mass is 10.1. The molecule has 1 aromatic heterocycles. The molecule has 1 N–H and O–H groups in total. The molecule has 0 radical (unpaired) electrons. The highest BCUT2D eigenvalue weighted by atomic mass is 32.2. The van der Waals surface area contributed by atoms with E-state index in [1.54, 1.807) is 0 Å². The number of amides is 1. The molecule has 2 aliphatic heterocycles. The maximum absolute atomic E-state index is 12.6.